The number of aryl methyl sites for hydroxylation is 2. The molecule has 4 nitrogen and oxygen atoms in total. The number of nitrogens with zero attached hydrogens (tertiary/aromatic N) is 3. The van der Waals surface area contributed by atoms with Crippen molar-refractivity contribution in [2.45, 2.75) is 39.5 Å². The second-order valence-corrected chi connectivity index (χ2v) is 8.00. The average molecular weight is 337 g/mol. The number of fused-ring (bicyclic) bond motifs is 1. The molecule has 0 atom stereocenters. The Morgan fingerprint density at radius 2 is 1.82 bits per heavy atom. The van der Waals surface area contributed by atoms with E-state index in [1.807, 2.05) is 23.1 Å². The fraction of sp³-hybridized carbons (Fsp3) is 0.625. The van der Waals surface area contributed by atoms with Crippen LogP contribution in [-0.4, -0.2) is 34.6 Å². The molecule has 0 bridgehead atoms. The molecule has 1 aliphatic heterocycles. The summed E-state index contributed by atoms with van der Waals surface area (Å²) in [5, 5.41) is 1.12. The summed E-state index contributed by atoms with van der Waals surface area (Å²) in [6, 6.07) is 0. The molecule has 1 aliphatic rings. The second-order valence-electron chi connectivity index (χ2n) is 5.69. The lowest BCUT2D eigenvalue weighted by Gasteiger charge is -2.26. The van der Waals surface area contributed by atoms with Crippen LogP contribution in [0.3, 0.4) is 0 Å². The van der Waals surface area contributed by atoms with Gasteiger partial charge < -0.3 is 10.6 Å². The molecule has 3 heterocycles. The van der Waals surface area contributed by atoms with Gasteiger partial charge in [0.25, 0.3) is 0 Å². The fourth-order valence-corrected chi connectivity index (χ4v) is 5.20. The number of rotatable bonds is 5. The maximum atomic E-state index is 6.33. The summed E-state index contributed by atoms with van der Waals surface area (Å²) in [5.41, 5.74) is 7.72. The summed E-state index contributed by atoms with van der Waals surface area (Å²) in [6.07, 6.45) is 4.48. The molecule has 2 aromatic rings. The molecular weight excluding hydrogens is 312 g/mol. The van der Waals surface area contributed by atoms with Gasteiger partial charge in [0.2, 0.25) is 5.95 Å². The van der Waals surface area contributed by atoms with Crippen LogP contribution in [0.2, 0.25) is 0 Å². The summed E-state index contributed by atoms with van der Waals surface area (Å²) in [4.78, 5) is 14.3. The van der Waals surface area contributed by atoms with Crippen LogP contribution in [0.1, 0.15) is 37.1 Å². The largest absolute Gasteiger partial charge is 0.383 e. The van der Waals surface area contributed by atoms with Gasteiger partial charge in [-0.1, -0.05) is 26.7 Å². The fourth-order valence-electron chi connectivity index (χ4n) is 2.97. The van der Waals surface area contributed by atoms with Crippen LogP contribution in [0.4, 0.5) is 11.8 Å². The molecule has 0 aliphatic carbocycles. The number of anilines is 2. The lowest BCUT2D eigenvalue weighted by Crippen LogP contribution is -2.33. The third kappa shape index (κ3) is 3.04. The maximum absolute atomic E-state index is 6.33. The van der Waals surface area contributed by atoms with Crippen molar-refractivity contribution in [2.75, 3.05) is 35.2 Å². The topological polar surface area (TPSA) is 55.0 Å². The minimum absolute atomic E-state index is 0.667. The van der Waals surface area contributed by atoms with E-state index >= 15 is 0 Å². The summed E-state index contributed by atoms with van der Waals surface area (Å²) in [7, 11) is 0. The van der Waals surface area contributed by atoms with Crippen LogP contribution in [-0.2, 0) is 12.8 Å². The van der Waals surface area contributed by atoms with Gasteiger partial charge >= 0.3 is 0 Å². The van der Waals surface area contributed by atoms with Crippen molar-refractivity contribution in [3.8, 4) is 0 Å². The molecule has 0 unspecified atom stereocenters. The monoisotopic (exact) mass is 336 g/mol. The molecule has 0 spiro atoms. The van der Waals surface area contributed by atoms with E-state index in [9.17, 15) is 0 Å². The first kappa shape index (κ1) is 15.9. The molecular formula is C16H24N4S2. The van der Waals surface area contributed by atoms with Crippen molar-refractivity contribution in [2.24, 2.45) is 0 Å². The first-order chi connectivity index (χ1) is 10.7. The maximum Gasteiger partial charge on any atom is 0.228 e. The third-order valence-electron chi connectivity index (χ3n) is 4.02. The van der Waals surface area contributed by atoms with Crippen LogP contribution in [0.5, 0.6) is 0 Å². The Morgan fingerprint density at radius 3 is 2.50 bits per heavy atom. The molecule has 0 aromatic carbocycles. The van der Waals surface area contributed by atoms with E-state index in [-0.39, 0.29) is 0 Å². The van der Waals surface area contributed by atoms with Crippen LogP contribution in [0, 0.1) is 0 Å². The number of nitrogens with two attached hydrogens (primary N) is 1. The average Bonchev–Trinajstić information content (AvgIpc) is 2.87. The Morgan fingerprint density at radius 1 is 1.09 bits per heavy atom. The van der Waals surface area contributed by atoms with Gasteiger partial charge in [0.1, 0.15) is 10.6 Å². The zero-order chi connectivity index (χ0) is 15.5. The lowest BCUT2D eigenvalue weighted by atomic mass is 10.1. The standard InChI is InChI=1S/C16H24N4S2/c1-3-5-11-12(6-4-2)22-15-13(11)14(17)18-16(19-15)20-7-9-21-10-8-20/h3-10H2,1-2H3,(H2,17,18,19). The molecule has 1 fully saturated rings. The number of thioether (sulfide) groups is 1. The minimum Gasteiger partial charge on any atom is -0.383 e. The Bertz CT molecular complexity index is 647. The van der Waals surface area contributed by atoms with Crippen LogP contribution in [0.15, 0.2) is 0 Å². The molecule has 0 saturated carbocycles. The highest BCUT2D eigenvalue weighted by atomic mass is 32.2. The zero-order valence-electron chi connectivity index (χ0n) is 13.4. The molecule has 3 rings (SSSR count). The van der Waals surface area contributed by atoms with E-state index < -0.39 is 0 Å². The minimum atomic E-state index is 0.667. The number of thiophene rings is 1. The Labute approximate surface area is 140 Å². The Kier molecular flexibility index (Phi) is 5.08. The van der Waals surface area contributed by atoms with Crippen molar-refractivity contribution in [3.63, 3.8) is 0 Å². The molecule has 0 radical (unpaired) electrons. The van der Waals surface area contributed by atoms with Gasteiger partial charge in [-0.2, -0.15) is 16.7 Å². The van der Waals surface area contributed by atoms with E-state index in [2.05, 4.69) is 23.7 Å². The lowest BCUT2D eigenvalue weighted by molar-refractivity contribution is 0.822. The molecule has 22 heavy (non-hydrogen) atoms. The quantitative estimate of drug-likeness (QED) is 0.901. The van der Waals surface area contributed by atoms with Gasteiger partial charge in [0.15, 0.2) is 0 Å². The second kappa shape index (κ2) is 7.04. The SMILES string of the molecule is CCCc1sc2nc(N3CCSCC3)nc(N)c2c1CCC. The number of hydrogen-bond acceptors (Lipinski definition) is 6. The van der Waals surface area contributed by atoms with E-state index in [1.165, 1.54) is 10.4 Å². The van der Waals surface area contributed by atoms with Gasteiger partial charge in [0.05, 0.1) is 5.39 Å². The third-order valence-corrected chi connectivity index (χ3v) is 6.15. The number of aromatic nitrogens is 2. The van der Waals surface area contributed by atoms with E-state index in [1.54, 1.807) is 0 Å². The molecule has 6 heteroatoms. The van der Waals surface area contributed by atoms with Crippen molar-refractivity contribution in [3.05, 3.63) is 10.4 Å². The summed E-state index contributed by atoms with van der Waals surface area (Å²) >= 11 is 3.81. The number of hydrogen-bond donors (Lipinski definition) is 1. The van der Waals surface area contributed by atoms with Gasteiger partial charge in [-0.05, 0) is 18.4 Å². The predicted octanol–water partition coefficient (Wildman–Crippen LogP) is 3.73. The summed E-state index contributed by atoms with van der Waals surface area (Å²) < 4.78 is 0. The van der Waals surface area contributed by atoms with E-state index in [0.717, 1.165) is 66.4 Å². The van der Waals surface area contributed by atoms with Crippen LogP contribution in [0.25, 0.3) is 10.2 Å². The van der Waals surface area contributed by atoms with Crippen molar-refractivity contribution in [1.82, 2.24) is 9.97 Å². The Balaban J connectivity index is 2.05. The van der Waals surface area contributed by atoms with Crippen molar-refractivity contribution >= 4 is 45.1 Å². The van der Waals surface area contributed by atoms with E-state index in [4.69, 9.17) is 10.7 Å². The smallest absolute Gasteiger partial charge is 0.228 e. The van der Waals surface area contributed by atoms with Crippen LogP contribution < -0.4 is 10.6 Å². The van der Waals surface area contributed by atoms with Crippen molar-refractivity contribution < 1.29 is 0 Å². The summed E-state index contributed by atoms with van der Waals surface area (Å²) in [5.74, 6) is 3.78. The van der Waals surface area contributed by atoms with Crippen LogP contribution >= 0.6 is 23.1 Å². The molecule has 2 N–H and O–H groups in total. The van der Waals surface area contributed by atoms with Crippen molar-refractivity contribution in [1.29, 1.82) is 0 Å². The molecule has 120 valence electrons. The molecule has 2 aromatic heterocycles. The molecule has 0 amide bonds. The van der Waals surface area contributed by atoms with Gasteiger partial charge in [-0.25, -0.2) is 4.98 Å². The highest BCUT2D eigenvalue weighted by molar-refractivity contribution is 7.99. The molecule has 1 saturated heterocycles. The van der Waals surface area contributed by atoms with Gasteiger partial charge in [-0.3, -0.25) is 0 Å². The highest BCUT2D eigenvalue weighted by Gasteiger charge is 2.20. The highest BCUT2D eigenvalue weighted by Crippen LogP contribution is 2.36. The van der Waals surface area contributed by atoms with Gasteiger partial charge in [0, 0.05) is 29.5 Å². The Hall–Kier alpha value is -1.01. The normalized spacial score (nSPS) is 15.6. The summed E-state index contributed by atoms with van der Waals surface area (Å²) in [6.45, 7) is 6.48. The van der Waals surface area contributed by atoms with E-state index in [0.29, 0.717) is 5.82 Å². The van der Waals surface area contributed by atoms with Gasteiger partial charge in [-0.15, -0.1) is 11.3 Å². The first-order valence-electron chi connectivity index (χ1n) is 8.15. The first-order valence-corrected chi connectivity index (χ1v) is 10.1. The zero-order valence-corrected chi connectivity index (χ0v) is 15.0. The number of nitrogen functional groups attached to an aromatic ring is 1. The predicted molar refractivity (Wildman–Crippen MR) is 99.4 cm³/mol.